The minimum atomic E-state index is -0.873. The number of aliphatic carboxylic acids is 1. The molecule has 8 heteroatoms. The molecule has 1 aliphatic rings. The third-order valence-electron chi connectivity index (χ3n) is 4.77. The van der Waals surface area contributed by atoms with Crippen molar-refractivity contribution >= 4 is 11.9 Å². The molecule has 1 aromatic carbocycles. The lowest BCUT2D eigenvalue weighted by Crippen LogP contribution is -2.30. The number of nitrogens with zero attached hydrogens (tertiary/aromatic N) is 4. The second-order valence-corrected chi connectivity index (χ2v) is 7.23. The van der Waals surface area contributed by atoms with Crippen LogP contribution in [0.2, 0.25) is 0 Å². The number of carbonyl (C=O) groups is 2. The fraction of sp³-hybridized carbons (Fsp3) is 0.474. The lowest BCUT2D eigenvalue weighted by molar-refractivity contribution is -0.142. The fourth-order valence-corrected chi connectivity index (χ4v) is 3.31. The van der Waals surface area contributed by atoms with Crippen LogP contribution in [-0.4, -0.2) is 56.1 Å². The molecule has 1 fully saturated rings. The second kappa shape index (κ2) is 7.38. The van der Waals surface area contributed by atoms with Crippen LogP contribution in [0.5, 0.6) is 5.75 Å². The van der Waals surface area contributed by atoms with Crippen molar-refractivity contribution in [3.05, 3.63) is 35.7 Å². The zero-order valence-electron chi connectivity index (χ0n) is 15.9. The number of carbonyl (C=O) groups excluding carboxylic acids is 1. The Balaban J connectivity index is 1.79. The van der Waals surface area contributed by atoms with E-state index in [1.807, 2.05) is 45.0 Å². The second-order valence-electron chi connectivity index (χ2n) is 7.23. The van der Waals surface area contributed by atoms with Gasteiger partial charge in [0.05, 0.1) is 23.4 Å². The number of amides is 1. The van der Waals surface area contributed by atoms with Crippen molar-refractivity contribution < 1.29 is 19.4 Å². The Labute approximate surface area is 157 Å². The molecule has 1 saturated heterocycles. The number of carboxylic acid groups (broad SMARTS) is 1. The van der Waals surface area contributed by atoms with E-state index in [-0.39, 0.29) is 30.2 Å². The van der Waals surface area contributed by atoms with Crippen LogP contribution in [0.4, 0.5) is 0 Å². The number of ether oxygens (including phenoxy) is 1. The summed E-state index contributed by atoms with van der Waals surface area (Å²) in [4.78, 5) is 25.6. The molecular formula is C19H24N4O4. The molecule has 1 aliphatic heterocycles. The fourth-order valence-electron chi connectivity index (χ4n) is 3.31. The Bertz CT molecular complexity index is 844. The topological polar surface area (TPSA) is 97.5 Å². The largest absolute Gasteiger partial charge is 0.491 e. The number of rotatable bonds is 5. The zero-order chi connectivity index (χ0) is 19.7. The predicted octanol–water partition coefficient (Wildman–Crippen LogP) is 2.16. The highest BCUT2D eigenvalue weighted by molar-refractivity contribution is 5.94. The van der Waals surface area contributed by atoms with E-state index in [2.05, 4.69) is 10.3 Å². The minimum absolute atomic E-state index is 0.0877. The van der Waals surface area contributed by atoms with Gasteiger partial charge in [-0.1, -0.05) is 12.1 Å². The van der Waals surface area contributed by atoms with E-state index in [1.165, 1.54) is 0 Å². The van der Waals surface area contributed by atoms with E-state index in [0.717, 1.165) is 11.4 Å². The molecule has 1 aromatic heterocycles. The van der Waals surface area contributed by atoms with Gasteiger partial charge in [0.2, 0.25) is 0 Å². The first-order valence-corrected chi connectivity index (χ1v) is 8.99. The third kappa shape index (κ3) is 3.79. The minimum Gasteiger partial charge on any atom is -0.491 e. The highest BCUT2D eigenvalue weighted by atomic mass is 16.5. The van der Waals surface area contributed by atoms with Crippen LogP contribution < -0.4 is 4.74 Å². The Hall–Kier alpha value is -2.90. The SMILES string of the molecule is Cc1c(C(=O)N2C[C@@H](C)[C@H](C(=O)O)C2)nnn1-c1ccc(OC(C)C)cc1. The summed E-state index contributed by atoms with van der Waals surface area (Å²) in [5.41, 5.74) is 1.63. The van der Waals surface area contributed by atoms with Crippen molar-refractivity contribution in [3.63, 3.8) is 0 Å². The highest BCUT2D eigenvalue weighted by Crippen LogP contribution is 2.25. The zero-order valence-corrected chi connectivity index (χ0v) is 15.9. The predicted molar refractivity (Wildman–Crippen MR) is 98.1 cm³/mol. The summed E-state index contributed by atoms with van der Waals surface area (Å²) in [7, 11) is 0. The molecule has 0 aliphatic carbocycles. The quantitative estimate of drug-likeness (QED) is 0.864. The molecule has 1 amide bonds. The monoisotopic (exact) mass is 372 g/mol. The molecule has 0 spiro atoms. The average molecular weight is 372 g/mol. The van der Waals surface area contributed by atoms with Gasteiger partial charge in [-0.05, 0) is 51.0 Å². The van der Waals surface area contributed by atoms with E-state index in [4.69, 9.17) is 4.74 Å². The summed E-state index contributed by atoms with van der Waals surface area (Å²) in [6, 6.07) is 7.40. The molecule has 2 atom stereocenters. The van der Waals surface area contributed by atoms with Gasteiger partial charge in [0.1, 0.15) is 5.75 Å². The van der Waals surface area contributed by atoms with E-state index >= 15 is 0 Å². The number of hydrogen-bond donors (Lipinski definition) is 1. The molecule has 0 bridgehead atoms. The lowest BCUT2D eigenvalue weighted by Gasteiger charge is -2.14. The van der Waals surface area contributed by atoms with Crippen LogP contribution in [0.15, 0.2) is 24.3 Å². The first-order valence-electron chi connectivity index (χ1n) is 8.99. The van der Waals surface area contributed by atoms with Crippen LogP contribution in [-0.2, 0) is 4.79 Å². The molecule has 0 saturated carbocycles. The Morgan fingerprint density at radius 3 is 2.44 bits per heavy atom. The van der Waals surface area contributed by atoms with E-state index in [1.54, 1.807) is 16.5 Å². The summed E-state index contributed by atoms with van der Waals surface area (Å²) >= 11 is 0. The standard InChI is InChI=1S/C19H24N4O4/c1-11(2)27-15-7-5-14(6-8-15)23-13(4)17(20-21-23)18(24)22-9-12(3)16(10-22)19(25)26/h5-8,11-12,16H,9-10H2,1-4H3,(H,25,26)/t12-,16-/m1/s1. The lowest BCUT2D eigenvalue weighted by atomic mass is 9.99. The van der Waals surface area contributed by atoms with Gasteiger partial charge in [0, 0.05) is 13.1 Å². The van der Waals surface area contributed by atoms with Gasteiger partial charge in [-0.25, -0.2) is 4.68 Å². The van der Waals surface area contributed by atoms with Crippen molar-refractivity contribution in [3.8, 4) is 11.4 Å². The van der Waals surface area contributed by atoms with E-state index < -0.39 is 11.9 Å². The maximum Gasteiger partial charge on any atom is 0.308 e. The molecule has 144 valence electrons. The number of hydrogen-bond acceptors (Lipinski definition) is 5. The van der Waals surface area contributed by atoms with Gasteiger partial charge < -0.3 is 14.7 Å². The van der Waals surface area contributed by atoms with E-state index in [9.17, 15) is 14.7 Å². The number of likely N-dealkylation sites (tertiary alicyclic amines) is 1. The summed E-state index contributed by atoms with van der Waals surface area (Å²) in [6.45, 7) is 8.14. The van der Waals surface area contributed by atoms with Crippen molar-refractivity contribution in [2.75, 3.05) is 13.1 Å². The van der Waals surface area contributed by atoms with Crippen LogP contribution in [0.3, 0.4) is 0 Å². The third-order valence-corrected chi connectivity index (χ3v) is 4.77. The van der Waals surface area contributed by atoms with E-state index in [0.29, 0.717) is 12.2 Å². The van der Waals surface area contributed by atoms with Crippen molar-refractivity contribution in [2.24, 2.45) is 11.8 Å². The van der Waals surface area contributed by atoms with Gasteiger partial charge in [-0.15, -0.1) is 5.10 Å². The maximum absolute atomic E-state index is 12.8. The number of benzene rings is 1. The summed E-state index contributed by atoms with van der Waals surface area (Å²) in [5, 5.41) is 17.4. The molecule has 0 radical (unpaired) electrons. The van der Waals surface area contributed by atoms with Gasteiger partial charge in [0.25, 0.3) is 5.91 Å². The molecule has 1 N–H and O–H groups in total. The van der Waals surface area contributed by atoms with Crippen LogP contribution in [0, 0.1) is 18.8 Å². The van der Waals surface area contributed by atoms with Crippen LogP contribution in [0.1, 0.15) is 37.0 Å². The Morgan fingerprint density at radius 2 is 1.89 bits per heavy atom. The van der Waals surface area contributed by atoms with Crippen molar-refractivity contribution in [1.29, 1.82) is 0 Å². The Morgan fingerprint density at radius 1 is 1.22 bits per heavy atom. The van der Waals surface area contributed by atoms with Crippen LogP contribution >= 0.6 is 0 Å². The van der Waals surface area contributed by atoms with Crippen LogP contribution in [0.25, 0.3) is 5.69 Å². The van der Waals surface area contributed by atoms with Gasteiger partial charge >= 0.3 is 5.97 Å². The molecule has 27 heavy (non-hydrogen) atoms. The summed E-state index contributed by atoms with van der Waals surface area (Å²) in [5.74, 6) is -1.03. The molecule has 2 heterocycles. The van der Waals surface area contributed by atoms with Gasteiger partial charge in [-0.3, -0.25) is 9.59 Å². The van der Waals surface area contributed by atoms with Gasteiger partial charge in [0.15, 0.2) is 5.69 Å². The number of aromatic nitrogens is 3. The summed E-state index contributed by atoms with van der Waals surface area (Å²) < 4.78 is 7.23. The first-order chi connectivity index (χ1) is 12.8. The average Bonchev–Trinajstić information content (AvgIpc) is 3.18. The molecule has 3 rings (SSSR count). The Kier molecular flexibility index (Phi) is 5.16. The number of carboxylic acids is 1. The normalized spacial score (nSPS) is 19.5. The van der Waals surface area contributed by atoms with Crippen molar-refractivity contribution in [1.82, 2.24) is 19.9 Å². The molecule has 8 nitrogen and oxygen atoms in total. The molecule has 0 unspecified atom stereocenters. The van der Waals surface area contributed by atoms with Gasteiger partial charge in [-0.2, -0.15) is 0 Å². The maximum atomic E-state index is 12.8. The smallest absolute Gasteiger partial charge is 0.308 e. The molecular weight excluding hydrogens is 348 g/mol. The first kappa shape index (κ1) is 18.9. The summed E-state index contributed by atoms with van der Waals surface area (Å²) in [6.07, 6.45) is 0.0886. The highest BCUT2D eigenvalue weighted by Gasteiger charge is 2.38. The van der Waals surface area contributed by atoms with Crippen molar-refractivity contribution in [2.45, 2.75) is 33.8 Å². The molecule has 2 aromatic rings.